The predicted octanol–water partition coefficient (Wildman–Crippen LogP) is 3.45. The Morgan fingerprint density at radius 3 is 2.54 bits per heavy atom. The smallest absolute Gasteiger partial charge is 0.333 e. The molecule has 0 N–H and O–H groups in total. The fourth-order valence-corrected chi connectivity index (χ4v) is 4.25. The second-order valence-corrected chi connectivity index (χ2v) is 7.11. The van der Waals surface area contributed by atoms with Crippen molar-refractivity contribution < 1.29 is 14.3 Å². The number of aromatic nitrogens is 1. The van der Waals surface area contributed by atoms with Crippen molar-refractivity contribution in [3.05, 3.63) is 76.2 Å². The van der Waals surface area contributed by atoms with Gasteiger partial charge in [-0.1, -0.05) is 0 Å². The van der Waals surface area contributed by atoms with Gasteiger partial charge < -0.3 is 14.2 Å². The summed E-state index contributed by atoms with van der Waals surface area (Å²) < 4.78 is 6.94. The van der Waals surface area contributed by atoms with Gasteiger partial charge in [-0.05, 0) is 59.8 Å². The van der Waals surface area contributed by atoms with Crippen LogP contribution in [0.3, 0.4) is 0 Å². The lowest BCUT2D eigenvalue weighted by Crippen LogP contribution is -2.43. The number of methoxy groups -OCH3 is 1. The molecule has 3 aromatic rings. The van der Waals surface area contributed by atoms with Crippen LogP contribution in [0, 0.1) is 0 Å². The molecule has 1 aromatic carbocycles. The molecule has 0 bridgehead atoms. The Kier molecular flexibility index (Phi) is 4.34. The molecule has 26 heavy (non-hydrogen) atoms. The van der Waals surface area contributed by atoms with Gasteiger partial charge in [0, 0.05) is 35.1 Å². The summed E-state index contributed by atoms with van der Waals surface area (Å²) in [6, 6.07) is 12.5. The van der Waals surface area contributed by atoms with Gasteiger partial charge in [0.1, 0.15) is 0 Å². The zero-order valence-corrected chi connectivity index (χ0v) is 15.1. The van der Waals surface area contributed by atoms with Crippen LogP contribution in [-0.4, -0.2) is 35.0 Å². The summed E-state index contributed by atoms with van der Waals surface area (Å²) in [5.74, 6) is -0.557. The van der Waals surface area contributed by atoms with E-state index in [-0.39, 0.29) is 5.91 Å². The van der Waals surface area contributed by atoms with Gasteiger partial charge in [0.15, 0.2) is 6.04 Å². The fourth-order valence-electron chi connectivity index (χ4n) is 3.35. The highest BCUT2D eigenvalue weighted by atomic mass is 32.1. The molecule has 0 fully saturated rings. The molecule has 1 atom stereocenters. The lowest BCUT2D eigenvalue weighted by molar-refractivity contribution is -0.146. The highest BCUT2D eigenvalue weighted by Crippen LogP contribution is 2.35. The van der Waals surface area contributed by atoms with Gasteiger partial charge in [-0.2, -0.15) is 0 Å². The molecule has 0 saturated heterocycles. The number of thiophene rings is 1. The standard InChI is InChI=1S/C20H18N2O3S/c1-25-20(24)18-16-9-13-26-17(16)8-12-22(18)19(23)14-4-6-15(7-5-14)21-10-2-3-11-21/h2-7,9-11,13,18H,8,12H2,1H3. The van der Waals surface area contributed by atoms with Crippen molar-refractivity contribution in [3.8, 4) is 5.69 Å². The highest BCUT2D eigenvalue weighted by molar-refractivity contribution is 7.10. The summed E-state index contributed by atoms with van der Waals surface area (Å²) >= 11 is 1.62. The SMILES string of the molecule is COC(=O)C1c2ccsc2CCN1C(=O)c1ccc(-n2cccc2)cc1. The first-order chi connectivity index (χ1) is 12.7. The molecule has 5 nitrogen and oxygen atoms in total. The maximum atomic E-state index is 13.1. The van der Waals surface area contributed by atoms with E-state index >= 15 is 0 Å². The normalized spacial score (nSPS) is 16.2. The average molecular weight is 366 g/mol. The highest BCUT2D eigenvalue weighted by Gasteiger charge is 2.37. The number of hydrogen-bond acceptors (Lipinski definition) is 4. The van der Waals surface area contributed by atoms with Crippen LogP contribution in [0.2, 0.25) is 0 Å². The zero-order chi connectivity index (χ0) is 18.1. The van der Waals surface area contributed by atoms with E-state index in [2.05, 4.69) is 0 Å². The maximum absolute atomic E-state index is 13.1. The van der Waals surface area contributed by atoms with Crippen molar-refractivity contribution in [1.82, 2.24) is 9.47 Å². The molecule has 2 aromatic heterocycles. The number of esters is 1. The minimum Gasteiger partial charge on any atom is -0.467 e. The van der Waals surface area contributed by atoms with Gasteiger partial charge >= 0.3 is 5.97 Å². The minimum absolute atomic E-state index is 0.156. The zero-order valence-electron chi connectivity index (χ0n) is 14.3. The topological polar surface area (TPSA) is 51.5 Å². The van der Waals surface area contributed by atoms with E-state index < -0.39 is 12.0 Å². The van der Waals surface area contributed by atoms with Crippen LogP contribution in [0.4, 0.5) is 0 Å². The lowest BCUT2D eigenvalue weighted by Gasteiger charge is -2.34. The Hall–Kier alpha value is -2.86. The Balaban J connectivity index is 1.63. The van der Waals surface area contributed by atoms with Crippen LogP contribution >= 0.6 is 11.3 Å². The van der Waals surface area contributed by atoms with Crippen LogP contribution in [0.5, 0.6) is 0 Å². The van der Waals surface area contributed by atoms with Gasteiger partial charge in [-0.15, -0.1) is 11.3 Å². The second kappa shape index (κ2) is 6.80. The van der Waals surface area contributed by atoms with Gasteiger partial charge in [0.25, 0.3) is 5.91 Å². The fraction of sp³-hybridized carbons (Fsp3) is 0.200. The van der Waals surface area contributed by atoms with E-state index in [9.17, 15) is 9.59 Å². The number of fused-ring (bicyclic) bond motifs is 1. The summed E-state index contributed by atoms with van der Waals surface area (Å²) in [4.78, 5) is 28.2. The first-order valence-electron chi connectivity index (χ1n) is 8.37. The van der Waals surface area contributed by atoms with E-state index in [0.29, 0.717) is 12.1 Å². The van der Waals surface area contributed by atoms with Crippen molar-refractivity contribution in [2.45, 2.75) is 12.5 Å². The van der Waals surface area contributed by atoms with Crippen LogP contribution in [0.15, 0.2) is 60.2 Å². The van der Waals surface area contributed by atoms with Crippen molar-refractivity contribution in [2.24, 2.45) is 0 Å². The number of ether oxygens (including phenoxy) is 1. The van der Waals surface area contributed by atoms with E-state index in [1.807, 2.05) is 52.7 Å². The summed E-state index contributed by atoms with van der Waals surface area (Å²) in [6.45, 7) is 0.505. The molecule has 4 rings (SSSR count). The van der Waals surface area contributed by atoms with Crippen LogP contribution in [0.1, 0.15) is 26.8 Å². The van der Waals surface area contributed by atoms with Crippen molar-refractivity contribution in [2.75, 3.05) is 13.7 Å². The molecule has 0 radical (unpaired) electrons. The molecular weight excluding hydrogens is 348 g/mol. The molecule has 1 aliphatic rings. The number of carbonyl (C=O) groups is 2. The van der Waals surface area contributed by atoms with Crippen molar-refractivity contribution in [3.63, 3.8) is 0 Å². The molecule has 0 aliphatic carbocycles. The average Bonchev–Trinajstić information content (AvgIpc) is 3.37. The molecule has 0 saturated carbocycles. The van der Waals surface area contributed by atoms with Gasteiger partial charge in [-0.25, -0.2) is 4.79 Å². The van der Waals surface area contributed by atoms with Crippen LogP contribution < -0.4 is 0 Å². The number of benzene rings is 1. The van der Waals surface area contributed by atoms with Crippen molar-refractivity contribution >= 4 is 23.2 Å². The van der Waals surface area contributed by atoms with E-state index in [4.69, 9.17) is 4.74 Å². The molecule has 6 heteroatoms. The minimum atomic E-state index is -0.674. The Labute approximate surface area is 155 Å². The van der Waals surface area contributed by atoms with Gasteiger partial charge in [0.2, 0.25) is 0 Å². The quantitative estimate of drug-likeness (QED) is 0.667. The van der Waals surface area contributed by atoms with Gasteiger partial charge in [-0.3, -0.25) is 4.79 Å². The number of carbonyl (C=O) groups excluding carboxylic acids is 2. The second-order valence-electron chi connectivity index (χ2n) is 6.11. The number of amides is 1. The van der Waals surface area contributed by atoms with Crippen LogP contribution in [-0.2, 0) is 16.0 Å². The summed E-state index contributed by atoms with van der Waals surface area (Å²) in [5.41, 5.74) is 2.42. The predicted molar refractivity (Wildman–Crippen MR) is 99.6 cm³/mol. The van der Waals surface area contributed by atoms with E-state index in [0.717, 1.165) is 22.5 Å². The monoisotopic (exact) mass is 366 g/mol. The summed E-state index contributed by atoms with van der Waals surface area (Å²) in [5, 5.41) is 1.96. The summed E-state index contributed by atoms with van der Waals surface area (Å²) in [7, 11) is 1.36. The van der Waals surface area contributed by atoms with Crippen molar-refractivity contribution in [1.29, 1.82) is 0 Å². The first kappa shape index (κ1) is 16.6. The summed E-state index contributed by atoms with van der Waals surface area (Å²) in [6.07, 6.45) is 4.66. The third-order valence-electron chi connectivity index (χ3n) is 4.67. The number of hydrogen-bond donors (Lipinski definition) is 0. The maximum Gasteiger partial charge on any atom is 0.333 e. The number of rotatable bonds is 3. The molecular formula is C20H18N2O3S. The Morgan fingerprint density at radius 2 is 1.85 bits per heavy atom. The Morgan fingerprint density at radius 1 is 1.12 bits per heavy atom. The third kappa shape index (κ3) is 2.82. The van der Waals surface area contributed by atoms with Gasteiger partial charge in [0.05, 0.1) is 7.11 Å². The molecule has 132 valence electrons. The molecule has 3 heterocycles. The molecule has 1 aliphatic heterocycles. The first-order valence-corrected chi connectivity index (χ1v) is 9.25. The van der Waals surface area contributed by atoms with E-state index in [1.165, 1.54) is 7.11 Å². The van der Waals surface area contributed by atoms with Crippen LogP contribution in [0.25, 0.3) is 5.69 Å². The lowest BCUT2D eigenvalue weighted by atomic mass is 9.98. The molecule has 1 unspecified atom stereocenters. The number of nitrogens with zero attached hydrogens (tertiary/aromatic N) is 2. The third-order valence-corrected chi connectivity index (χ3v) is 5.66. The Bertz CT molecular complexity index is 928. The van der Waals surface area contributed by atoms with E-state index in [1.54, 1.807) is 28.4 Å². The molecule has 0 spiro atoms. The molecule has 1 amide bonds. The largest absolute Gasteiger partial charge is 0.467 e.